The third kappa shape index (κ3) is 5.60. The minimum Gasteiger partial charge on any atom is -0.457 e. The SMILES string of the molecule is OCCN(Cc1ccccc1)Cc1cccc(Oc2ccc(Cl)cc2)c1. The Kier molecular flexibility index (Phi) is 6.67. The van der Waals surface area contributed by atoms with Gasteiger partial charge in [-0.05, 0) is 47.5 Å². The first-order valence-electron chi connectivity index (χ1n) is 8.62. The highest BCUT2D eigenvalue weighted by Crippen LogP contribution is 2.24. The number of nitrogens with zero attached hydrogens (tertiary/aromatic N) is 1. The highest BCUT2D eigenvalue weighted by Gasteiger charge is 2.08. The van der Waals surface area contributed by atoms with E-state index >= 15 is 0 Å². The molecule has 0 atom stereocenters. The van der Waals surface area contributed by atoms with Crippen molar-refractivity contribution >= 4 is 11.6 Å². The lowest BCUT2D eigenvalue weighted by molar-refractivity contribution is 0.184. The van der Waals surface area contributed by atoms with Gasteiger partial charge in [-0.15, -0.1) is 0 Å². The molecule has 0 saturated heterocycles. The van der Waals surface area contributed by atoms with E-state index in [2.05, 4.69) is 23.1 Å². The van der Waals surface area contributed by atoms with Crippen LogP contribution in [0.25, 0.3) is 0 Å². The van der Waals surface area contributed by atoms with Crippen molar-refractivity contribution in [2.75, 3.05) is 13.2 Å². The van der Waals surface area contributed by atoms with Crippen molar-refractivity contribution < 1.29 is 9.84 Å². The Morgan fingerprint density at radius 3 is 2.19 bits per heavy atom. The minimum atomic E-state index is 0.133. The Morgan fingerprint density at radius 1 is 0.769 bits per heavy atom. The van der Waals surface area contributed by atoms with Crippen LogP contribution >= 0.6 is 11.6 Å². The molecule has 134 valence electrons. The zero-order chi connectivity index (χ0) is 18.2. The molecule has 3 rings (SSSR count). The van der Waals surface area contributed by atoms with Crippen molar-refractivity contribution in [2.24, 2.45) is 0 Å². The lowest BCUT2D eigenvalue weighted by atomic mass is 10.1. The van der Waals surface area contributed by atoms with Crippen LogP contribution in [0.2, 0.25) is 5.02 Å². The first-order valence-corrected chi connectivity index (χ1v) is 9.00. The van der Waals surface area contributed by atoms with E-state index in [4.69, 9.17) is 16.3 Å². The van der Waals surface area contributed by atoms with E-state index in [1.54, 1.807) is 0 Å². The van der Waals surface area contributed by atoms with E-state index in [1.165, 1.54) is 5.56 Å². The molecule has 0 aliphatic carbocycles. The third-order valence-electron chi connectivity index (χ3n) is 4.02. The van der Waals surface area contributed by atoms with E-state index in [9.17, 15) is 5.11 Å². The zero-order valence-corrected chi connectivity index (χ0v) is 15.3. The van der Waals surface area contributed by atoms with Crippen molar-refractivity contribution in [3.63, 3.8) is 0 Å². The van der Waals surface area contributed by atoms with Crippen LogP contribution < -0.4 is 4.74 Å². The summed E-state index contributed by atoms with van der Waals surface area (Å²) < 4.78 is 5.91. The van der Waals surface area contributed by atoms with Crippen LogP contribution in [-0.2, 0) is 13.1 Å². The van der Waals surface area contributed by atoms with Crippen LogP contribution in [0.1, 0.15) is 11.1 Å². The molecule has 0 heterocycles. The Hall–Kier alpha value is -2.33. The van der Waals surface area contributed by atoms with Gasteiger partial charge in [0.2, 0.25) is 0 Å². The van der Waals surface area contributed by atoms with E-state index in [1.807, 2.05) is 60.7 Å². The molecule has 0 unspecified atom stereocenters. The summed E-state index contributed by atoms with van der Waals surface area (Å²) in [6.07, 6.45) is 0. The second-order valence-corrected chi connectivity index (χ2v) is 6.56. The first kappa shape index (κ1) is 18.5. The second-order valence-electron chi connectivity index (χ2n) is 6.12. The molecule has 0 fully saturated rings. The molecule has 0 aliphatic heterocycles. The molecule has 3 nitrogen and oxygen atoms in total. The number of aliphatic hydroxyl groups excluding tert-OH is 1. The predicted octanol–water partition coefficient (Wildman–Crippen LogP) is 5.13. The molecule has 0 saturated carbocycles. The van der Waals surface area contributed by atoms with Gasteiger partial charge in [0, 0.05) is 24.7 Å². The summed E-state index contributed by atoms with van der Waals surface area (Å²) >= 11 is 5.91. The maximum absolute atomic E-state index is 9.39. The number of halogens is 1. The van der Waals surface area contributed by atoms with Crippen molar-refractivity contribution in [3.8, 4) is 11.5 Å². The summed E-state index contributed by atoms with van der Waals surface area (Å²) in [5, 5.41) is 10.1. The Balaban J connectivity index is 1.68. The summed E-state index contributed by atoms with van der Waals surface area (Å²) in [4.78, 5) is 2.22. The summed E-state index contributed by atoms with van der Waals surface area (Å²) in [7, 11) is 0. The number of rotatable bonds is 8. The maximum atomic E-state index is 9.39. The summed E-state index contributed by atoms with van der Waals surface area (Å²) in [5.41, 5.74) is 2.37. The quantitative estimate of drug-likeness (QED) is 0.599. The molecule has 26 heavy (non-hydrogen) atoms. The number of ether oxygens (including phenoxy) is 1. The van der Waals surface area contributed by atoms with Crippen LogP contribution in [0.4, 0.5) is 0 Å². The minimum absolute atomic E-state index is 0.133. The second kappa shape index (κ2) is 9.39. The number of hydrogen-bond donors (Lipinski definition) is 1. The molecule has 0 aliphatic rings. The molecule has 3 aromatic carbocycles. The largest absolute Gasteiger partial charge is 0.457 e. The molecule has 0 radical (unpaired) electrons. The van der Waals surface area contributed by atoms with Gasteiger partial charge in [0.25, 0.3) is 0 Å². The fourth-order valence-corrected chi connectivity index (χ4v) is 2.93. The van der Waals surface area contributed by atoms with Crippen LogP contribution in [0.3, 0.4) is 0 Å². The third-order valence-corrected chi connectivity index (χ3v) is 4.27. The van der Waals surface area contributed by atoms with Crippen molar-refractivity contribution in [3.05, 3.63) is 95.0 Å². The van der Waals surface area contributed by atoms with Gasteiger partial charge < -0.3 is 9.84 Å². The molecular formula is C22H22ClNO2. The van der Waals surface area contributed by atoms with E-state index in [0.717, 1.165) is 30.2 Å². The van der Waals surface area contributed by atoms with Gasteiger partial charge in [-0.25, -0.2) is 0 Å². The molecular weight excluding hydrogens is 346 g/mol. The summed E-state index contributed by atoms with van der Waals surface area (Å²) in [5.74, 6) is 1.54. The smallest absolute Gasteiger partial charge is 0.127 e. The highest BCUT2D eigenvalue weighted by atomic mass is 35.5. The Morgan fingerprint density at radius 2 is 1.46 bits per heavy atom. The van der Waals surface area contributed by atoms with E-state index in [0.29, 0.717) is 11.6 Å². The predicted molar refractivity (Wildman–Crippen MR) is 106 cm³/mol. The average Bonchev–Trinajstić information content (AvgIpc) is 2.65. The Bertz CT molecular complexity index is 806. The van der Waals surface area contributed by atoms with Gasteiger partial charge >= 0.3 is 0 Å². The lowest BCUT2D eigenvalue weighted by Gasteiger charge is -2.22. The number of aliphatic hydroxyl groups is 1. The zero-order valence-electron chi connectivity index (χ0n) is 14.5. The van der Waals surface area contributed by atoms with Crippen LogP contribution in [0.15, 0.2) is 78.9 Å². The van der Waals surface area contributed by atoms with Crippen molar-refractivity contribution in [2.45, 2.75) is 13.1 Å². The standard InChI is InChI=1S/C22H22ClNO2/c23-20-9-11-21(12-10-20)26-22-8-4-7-19(15-22)17-24(13-14-25)16-18-5-2-1-3-6-18/h1-12,15,25H,13-14,16-17H2. The molecule has 0 spiro atoms. The normalized spacial score (nSPS) is 10.9. The summed E-state index contributed by atoms with van der Waals surface area (Å²) in [6, 6.07) is 25.6. The molecule has 3 aromatic rings. The van der Waals surface area contributed by atoms with Gasteiger partial charge in [-0.3, -0.25) is 4.90 Å². The maximum Gasteiger partial charge on any atom is 0.127 e. The van der Waals surface area contributed by atoms with Crippen molar-refractivity contribution in [1.82, 2.24) is 4.90 Å². The molecule has 4 heteroatoms. The number of benzene rings is 3. The molecule has 0 amide bonds. The van der Waals surface area contributed by atoms with Crippen LogP contribution in [0.5, 0.6) is 11.5 Å². The Labute approximate surface area is 159 Å². The number of hydrogen-bond acceptors (Lipinski definition) is 3. The molecule has 0 aromatic heterocycles. The average molecular weight is 368 g/mol. The monoisotopic (exact) mass is 367 g/mol. The van der Waals surface area contributed by atoms with Gasteiger partial charge in [0.1, 0.15) is 11.5 Å². The topological polar surface area (TPSA) is 32.7 Å². The summed E-state index contributed by atoms with van der Waals surface area (Å²) in [6.45, 7) is 2.29. The van der Waals surface area contributed by atoms with E-state index in [-0.39, 0.29) is 6.61 Å². The molecule has 0 bridgehead atoms. The van der Waals surface area contributed by atoms with Gasteiger partial charge in [-0.1, -0.05) is 54.1 Å². The molecule has 1 N–H and O–H groups in total. The lowest BCUT2D eigenvalue weighted by Crippen LogP contribution is -2.26. The van der Waals surface area contributed by atoms with Crippen LogP contribution in [-0.4, -0.2) is 23.2 Å². The van der Waals surface area contributed by atoms with Gasteiger partial charge in [0.05, 0.1) is 6.61 Å². The van der Waals surface area contributed by atoms with Gasteiger partial charge in [0.15, 0.2) is 0 Å². The van der Waals surface area contributed by atoms with Gasteiger partial charge in [-0.2, -0.15) is 0 Å². The fourth-order valence-electron chi connectivity index (χ4n) is 2.80. The van der Waals surface area contributed by atoms with E-state index < -0.39 is 0 Å². The van der Waals surface area contributed by atoms with Crippen molar-refractivity contribution in [1.29, 1.82) is 0 Å². The first-order chi connectivity index (χ1) is 12.7. The highest BCUT2D eigenvalue weighted by molar-refractivity contribution is 6.30. The van der Waals surface area contributed by atoms with Crippen LogP contribution in [0, 0.1) is 0 Å². The fraction of sp³-hybridized carbons (Fsp3) is 0.182.